The van der Waals surface area contributed by atoms with Gasteiger partial charge in [0.05, 0.1) is 34.1 Å². The summed E-state index contributed by atoms with van der Waals surface area (Å²) >= 11 is 5.81. The van der Waals surface area contributed by atoms with Crippen LogP contribution in [0.1, 0.15) is 28.1 Å². The van der Waals surface area contributed by atoms with E-state index >= 15 is 0 Å². The highest BCUT2D eigenvalue weighted by Gasteiger charge is 2.11. The van der Waals surface area contributed by atoms with Crippen LogP contribution in [0.4, 0.5) is 5.95 Å². The number of aromatic nitrogens is 6. The van der Waals surface area contributed by atoms with Gasteiger partial charge in [-0.05, 0) is 54.8 Å². The lowest BCUT2D eigenvalue weighted by Gasteiger charge is -2.08. The summed E-state index contributed by atoms with van der Waals surface area (Å²) in [5.41, 5.74) is 7.74. The number of halogens is 1. The summed E-state index contributed by atoms with van der Waals surface area (Å²) in [4.78, 5) is 12.8. The van der Waals surface area contributed by atoms with Crippen molar-refractivity contribution < 1.29 is 4.74 Å². The predicted molar refractivity (Wildman–Crippen MR) is 132 cm³/mol. The molecule has 172 valence electrons. The molecule has 5 rings (SSSR count). The van der Waals surface area contributed by atoms with Crippen LogP contribution in [0.5, 0.6) is 11.8 Å². The molecule has 2 N–H and O–H groups in total. The summed E-state index contributed by atoms with van der Waals surface area (Å²) in [6.07, 6.45) is 3.79. The largest absolute Gasteiger partial charge is 0.424 e. The maximum atomic E-state index is 5.81. The van der Waals surface area contributed by atoms with Crippen molar-refractivity contribution in [3.05, 3.63) is 88.0 Å². The van der Waals surface area contributed by atoms with Crippen LogP contribution >= 0.6 is 11.6 Å². The van der Waals surface area contributed by atoms with E-state index in [1.807, 2.05) is 38.2 Å². The number of nitrogens with one attached hydrogen (secondary N) is 2. The molecule has 0 radical (unpaired) electrons. The van der Waals surface area contributed by atoms with Gasteiger partial charge < -0.3 is 14.6 Å². The third kappa shape index (κ3) is 4.58. The Morgan fingerprint density at radius 2 is 1.76 bits per heavy atom. The van der Waals surface area contributed by atoms with Gasteiger partial charge in [0.2, 0.25) is 5.95 Å². The van der Waals surface area contributed by atoms with Gasteiger partial charge in [0.15, 0.2) is 0 Å². The van der Waals surface area contributed by atoms with Gasteiger partial charge in [-0.1, -0.05) is 29.8 Å². The lowest BCUT2D eigenvalue weighted by Crippen LogP contribution is -2.05. The van der Waals surface area contributed by atoms with Gasteiger partial charge in [0.1, 0.15) is 5.75 Å². The lowest BCUT2D eigenvalue weighted by molar-refractivity contribution is 0.441. The lowest BCUT2D eigenvalue weighted by atomic mass is 10.1. The third-order valence-corrected chi connectivity index (χ3v) is 6.05. The number of hydrogen-bond donors (Lipinski definition) is 2. The van der Waals surface area contributed by atoms with Gasteiger partial charge in [0, 0.05) is 25.7 Å². The second-order valence-electron chi connectivity index (χ2n) is 8.20. The van der Waals surface area contributed by atoms with Crippen LogP contribution in [0.25, 0.3) is 11.0 Å². The first kappa shape index (κ1) is 21.9. The molecule has 0 amide bonds. The Bertz CT molecular complexity index is 1440. The van der Waals surface area contributed by atoms with E-state index in [1.54, 1.807) is 0 Å². The van der Waals surface area contributed by atoms with Crippen molar-refractivity contribution in [2.24, 2.45) is 7.05 Å². The number of imidazole rings is 1. The van der Waals surface area contributed by atoms with Crippen LogP contribution in [-0.4, -0.2) is 29.7 Å². The number of nitrogens with zero attached hydrogens (tertiary/aromatic N) is 5. The molecule has 2 aromatic carbocycles. The van der Waals surface area contributed by atoms with E-state index in [0.29, 0.717) is 17.3 Å². The quantitative estimate of drug-likeness (QED) is 0.331. The smallest absolute Gasteiger partial charge is 0.321 e. The first-order valence-electron chi connectivity index (χ1n) is 10.9. The molecule has 0 spiro atoms. The molecule has 9 heteroatoms. The van der Waals surface area contributed by atoms with E-state index in [4.69, 9.17) is 21.3 Å². The highest BCUT2D eigenvalue weighted by molar-refractivity contribution is 6.30. The number of ether oxygens (including phenoxy) is 1. The van der Waals surface area contributed by atoms with Gasteiger partial charge in [0.25, 0.3) is 0 Å². The number of aromatic amines is 1. The van der Waals surface area contributed by atoms with Gasteiger partial charge in [-0.3, -0.25) is 5.10 Å². The summed E-state index contributed by atoms with van der Waals surface area (Å²) in [5, 5.41) is 11.4. The van der Waals surface area contributed by atoms with Crippen molar-refractivity contribution in [2.45, 2.75) is 26.8 Å². The van der Waals surface area contributed by atoms with Gasteiger partial charge in [-0.15, -0.1) is 0 Å². The second-order valence-corrected chi connectivity index (χ2v) is 8.63. The molecule has 3 heterocycles. The first-order valence-corrected chi connectivity index (χ1v) is 11.3. The summed E-state index contributed by atoms with van der Waals surface area (Å²) in [6, 6.07) is 14.4. The zero-order valence-corrected chi connectivity index (χ0v) is 19.9. The first-order chi connectivity index (χ1) is 16.5. The number of fused-ring (bicyclic) bond motifs is 1. The average Bonchev–Trinajstić information content (AvgIpc) is 3.33. The minimum atomic E-state index is 0.256. The summed E-state index contributed by atoms with van der Waals surface area (Å²) < 4.78 is 7.73. The van der Waals surface area contributed by atoms with Crippen LogP contribution < -0.4 is 10.1 Å². The van der Waals surface area contributed by atoms with E-state index in [2.05, 4.69) is 55.2 Å². The molecule has 0 saturated carbocycles. The van der Waals surface area contributed by atoms with Crippen molar-refractivity contribution in [1.29, 1.82) is 0 Å². The summed E-state index contributed by atoms with van der Waals surface area (Å²) in [6.45, 7) is 4.78. The molecule has 3 aromatic heterocycles. The molecule has 8 nitrogen and oxygen atoms in total. The molecule has 0 aliphatic heterocycles. The van der Waals surface area contributed by atoms with Crippen LogP contribution in [0.2, 0.25) is 5.02 Å². The maximum absolute atomic E-state index is 5.81. The molecule has 5 aromatic rings. The van der Waals surface area contributed by atoms with Crippen LogP contribution in [0, 0.1) is 13.8 Å². The van der Waals surface area contributed by atoms with Crippen molar-refractivity contribution in [3.8, 4) is 11.8 Å². The fourth-order valence-electron chi connectivity index (χ4n) is 3.72. The van der Waals surface area contributed by atoms with Crippen molar-refractivity contribution in [1.82, 2.24) is 29.7 Å². The molecule has 0 unspecified atom stereocenters. The molecule has 0 bridgehead atoms. The van der Waals surface area contributed by atoms with Gasteiger partial charge >= 0.3 is 6.01 Å². The number of anilines is 1. The molecular formula is C25H24ClN7O. The normalized spacial score (nSPS) is 11.2. The second kappa shape index (κ2) is 9.15. The Kier molecular flexibility index (Phi) is 5.90. The molecule has 0 atom stereocenters. The van der Waals surface area contributed by atoms with E-state index in [1.165, 1.54) is 23.5 Å². The number of aryl methyl sites for hydroxylation is 2. The Hall–Kier alpha value is -3.91. The van der Waals surface area contributed by atoms with Crippen LogP contribution in [0.3, 0.4) is 0 Å². The minimum absolute atomic E-state index is 0.256. The third-order valence-electron chi connectivity index (χ3n) is 5.85. The highest BCUT2D eigenvalue weighted by atomic mass is 35.5. The summed E-state index contributed by atoms with van der Waals surface area (Å²) in [5.74, 6) is 1.47. The highest BCUT2D eigenvalue weighted by Crippen LogP contribution is 2.23. The van der Waals surface area contributed by atoms with Gasteiger partial charge in [-0.2, -0.15) is 5.10 Å². The average molecular weight is 474 g/mol. The number of hydrogen-bond acceptors (Lipinski definition) is 6. The van der Waals surface area contributed by atoms with E-state index in [0.717, 1.165) is 40.4 Å². The standard InChI is InChI=1S/C25H24ClN7O/c1-15-16(2)31-32-22(15)10-18-6-9-21-23(11-18)33(3)24(30-21)27-12-17-4-7-20(8-5-17)34-25-28-13-19(26)14-29-25/h4-9,11,13-14H,10,12H2,1-3H3,(H,27,30)(H,31,32). The topological polar surface area (TPSA) is 93.5 Å². The molecule has 0 aliphatic rings. The van der Waals surface area contributed by atoms with Crippen molar-refractivity contribution >= 4 is 28.6 Å². The molecule has 0 aliphatic carbocycles. The molecule has 0 saturated heterocycles. The molecule has 34 heavy (non-hydrogen) atoms. The minimum Gasteiger partial charge on any atom is -0.424 e. The Labute approximate surface area is 202 Å². The zero-order valence-electron chi connectivity index (χ0n) is 19.1. The maximum Gasteiger partial charge on any atom is 0.321 e. The number of benzene rings is 2. The van der Waals surface area contributed by atoms with E-state index in [9.17, 15) is 0 Å². The predicted octanol–water partition coefficient (Wildman–Crippen LogP) is 5.35. The van der Waals surface area contributed by atoms with Crippen LogP contribution in [0.15, 0.2) is 54.9 Å². The Morgan fingerprint density at radius 1 is 1.03 bits per heavy atom. The Morgan fingerprint density at radius 3 is 2.47 bits per heavy atom. The monoisotopic (exact) mass is 473 g/mol. The summed E-state index contributed by atoms with van der Waals surface area (Å²) in [7, 11) is 2.02. The van der Waals surface area contributed by atoms with Gasteiger partial charge in [-0.25, -0.2) is 15.0 Å². The van der Waals surface area contributed by atoms with Crippen molar-refractivity contribution in [3.63, 3.8) is 0 Å². The van der Waals surface area contributed by atoms with E-state index < -0.39 is 0 Å². The Balaban J connectivity index is 1.26. The van der Waals surface area contributed by atoms with Crippen LogP contribution in [-0.2, 0) is 20.0 Å². The van der Waals surface area contributed by atoms with E-state index in [-0.39, 0.29) is 6.01 Å². The van der Waals surface area contributed by atoms with Crippen molar-refractivity contribution in [2.75, 3.05) is 5.32 Å². The molecule has 0 fully saturated rings. The zero-order chi connectivity index (χ0) is 23.7. The fraction of sp³-hybridized carbons (Fsp3) is 0.200. The molecular weight excluding hydrogens is 450 g/mol. The number of rotatable bonds is 7. The fourth-order valence-corrected chi connectivity index (χ4v) is 3.82. The SMILES string of the molecule is Cc1[nH]nc(Cc2ccc3nc(NCc4ccc(Oc5ncc(Cl)cn5)cc4)n(C)c3c2)c1C. The number of H-pyrrole nitrogens is 1.